The Morgan fingerprint density at radius 1 is 1.45 bits per heavy atom. The molecular formula is C15H23N3O2. The van der Waals surface area contributed by atoms with Gasteiger partial charge in [0.2, 0.25) is 5.91 Å². The Kier molecular flexibility index (Phi) is 3.78. The largest absolute Gasteiger partial charge is 0.381 e. The van der Waals surface area contributed by atoms with Gasteiger partial charge in [0.15, 0.2) is 0 Å². The lowest BCUT2D eigenvalue weighted by atomic mass is 10.1. The van der Waals surface area contributed by atoms with Crippen molar-refractivity contribution >= 4 is 5.91 Å². The van der Waals surface area contributed by atoms with Crippen LogP contribution < -0.4 is 0 Å². The average molecular weight is 277 g/mol. The van der Waals surface area contributed by atoms with Gasteiger partial charge < -0.3 is 9.64 Å². The zero-order chi connectivity index (χ0) is 14.1. The number of amides is 1. The van der Waals surface area contributed by atoms with Gasteiger partial charge in [0.05, 0.1) is 12.3 Å². The maximum absolute atomic E-state index is 12.6. The first kappa shape index (κ1) is 13.6. The molecule has 5 nitrogen and oxygen atoms in total. The Labute approximate surface area is 119 Å². The second kappa shape index (κ2) is 5.56. The summed E-state index contributed by atoms with van der Waals surface area (Å²) in [5, 5.41) is 4.39. The number of nitrogens with zero attached hydrogens (tertiary/aromatic N) is 3. The third kappa shape index (κ3) is 3.03. The molecule has 1 atom stereocenters. The fourth-order valence-corrected chi connectivity index (χ4v) is 2.90. The van der Waals surface area contributed by atoms with E-state index in [-0.39, 0.29) is 5.91 Å². The van der Waals surface area contributed by atoms with Gasteiger partial charge in [0, 0.05) is 30.8 Å². The molecule has 0 N–H and O–H groups in total. The van der Waals surface area contributed by atoms with Crippen molar-refractivity contribution in [2.75, 3.05) is 19.8 Å². The molecule has 2 heterocycles. The van der Waals surface area contributed by atoms with Crippen LogP contribution in [0.15, 0.2) is 6.07 Å². The van der Waals surface area contributed by atoms with Gasteiger partial charge in [-0.15, -0.1) is 0 Å². The van der Waals surface area contributed by atoms with Crippen LogP contribution in [0, 0.1) is 19.8 Å². The molecular weight excluding hydrogens is 254 g/mol. The van der Waals surface area contributed by atoms with Gasteiger partial charge in [-0.05, 0) is 39.2 Å². The average Bonchev–Trinajstić information content (AvgIpc) is 3.01. The topological polar surface area (TPSA) is 47.4 Å². The van der Waals surface area contributed by atoms with Crippen LogP contribution in [0.3, 0.4) is 0 Å². The summed E-state index contributed by atoms with van der Waals surface area (Å²) in [4.78, 5) is 14.6. The number of rotatable bonds is 5. The summed E-state index contributed by atoms with van der Waals surface area (Å²) in [6.45, 7) is 6.82. The molecule has 1 aliphatic heterocycles. The number of aromatic nitrogens is 2. The van der Waals surface area contributed by atoms with Gasteiger partial charge >= 0.3 is 0 Å². The molecule has 110 valence electrons. The summed E-state index contributed by atoms with van der Waals surface area (Å²) in [7, 11) is 0. The highest BCUT2D eigenvalue weighted by Crippen LogP contribution is 2.29. The van der Waals surface area contributed by atoms with Crippen LogP contribution >= 0.6 is 0 Å². The van der Waals surface area contributed by atoms with E-state index in [4.69, 9.17) is 4.74 Å². The molecule has 1 amide bonds. The van der Waals surface area contributed by atoms with E-state index in [1.807, 2.05) is 24.6 Å². The molecule has 1 aromatic heterocycles. The highest BCUT2D eigenvalue weighted by Gasteiger charge is 2.34. The first-order chi connectivity index (χ1) is 9.63. The molecule has 0 aromatic carbocycles. The quantitative estimate of drug-likeness (QED) is 0.820. The van der Waals surface area contributed by atoms with Crippen LogP contribution in [0.1, 0.15) is 30.7 Å². The van der Waals surface area contributed by atoms with Crippen molar-refractivity contribution in [2.45, 2.75) is 45.7 Å². The molecule has 20 heavy (non-hydrogen) atoms. The van der Waals surface area contributed by atoms with Crippen LogP contribution in [-0.2, 0) is 16.1 Å². The Morgan fingerprint density at radius 3 is 2.80 bits per heavy atom. The molecule has 1 unspecified atom stereocenters. The zero-order valence-corrected chi connectivity index (χ0v) is 12.3. The van der Waals surface area contributed by atoms with Crippen LogP contribution in [0.2, 0.25) is 0 Å². The first-order valence-corrected chi connectivity index (χ1v) is 7.52. The molecule has 1 aromatic rings. The second-order valence-corrected chi connectivity index (χ2v) is 6.09. The molecule has 1 saturated heterocycles. The molecule has 2 aliphatic rings. The molecule has 0 radical (unpaired) electrons. The molecule has 2 fully saturated rings. The van der Waals surface area contributed by atoms with Gasteiger partial charge in [-0.2, -0.15) is 5.10 Å². The molecule has 5 heteroatoms. The highest BCUT2D eigenvalue weighted by atomic mass is 16.5. The van der Waals surface area contributed by atoms with Crippen LogP contribution in [0.5, 0.6) is 0 Å². The van der Waals surface area contributed by atoms with Crippen LogP contribution in [0.4, 0.5) is 0 Å². The third-order valence-electron chi connectivity index (χ3n) is 4.18. The lowest BCUT2D eigenvalue weighted by Crippen LogP contribution is -2.39. The summed E-state index contributed by atoms with van der Waals surface area (Å²) in [6, 6.07) is 2.47. The molecule has 0 bridgehead atoms. The van der Waals surface area contributed by atoms with E-state index in [0.717, 1.165) is 50.4 Å². The van der Waals surface area contributed by atoms with E-state index < -0.39 is 0 Å². The van der Waals surface area contributed by atoms with Crippen LogP contribution in [0.25, 0.3) is 0 Å². The molecule has 1 aliphatic carbocycles. The molecule has 1 saturated carbocycles. The standard InChI is InChI=1S/C15H23N3O2/c1-11-7-12(2)18(16-11)9-15(19)17(14-3-4-14)8-13-5-6-20-10-13/h7,13-14H,3-6,8-10H2,1-2H3. The van der Waals surface area contributed by atoms with Gasteiger partial charge in [-0.1, -0.05) is 0 Å². The van der Waals surface area contributed by atoms with Crippen molar-refractivity contribution in [3.8, 4) is 0 Å². The van der Waals surface area contributed by atoms with E-state index in [2.05, 4.69) is 10.00 Å². The number of hydrogen-bond acceptors (Lipinski definition) is 3. The normalized spacial score (nSPS) is 22.2. The van der Waals surface area contributed by atoms with Crippen LogP contribution in [-0.4, -0.2) is 46.4 Å². The zero-order valence-electron chi connectivity index (χ0n) is 12.3. The minimum absolute atomic E-state index is 0.200. The van der Waals surface area contributed by atoms with E-state index in [0.29, 0.717) is 18.5 Å². The monoisotopic (exact) mass is 277 g/mol. The predicted molar refractivity (Wildman–Crippen MR) is 75.4 cm³/mol. The van der Waals surface area contributed by atoms with Gasteiger partial charge in [0.25, 0.3) is 0 Å². The minimum atomic E-state index is 0.200. The van der Waals surface area contributed by atoms with Gasteiger partial charge in [-0.25, -0.2) is 0 Å². The minimum Gasteiger partial charge on any atom is -0.381 e. The Morgan fingerprint density at radius 2 is 2.25 bits per heavy atom. The van der Waals surface area contributed by atoms with Crippen molar-refractivity contribution in [3.63, 3.8) is 0 Å². The van der Waals surface area contributed by atoms with Crippen molar-refractivity contribution in [3.05, 3.63) is 17.5 Å². The highest BCUT2D eigenvalue weighted by molar-refractivity contribution is 5.76. The fraction of sp³-hybridized carbons (Fsp3) is 0.733. The summed E-state index contributed by atoms with van der Waals surface area (Å²) in [5.74, 6) is 0.714. The Bertz CT molecular complexity index is 487. The molecule has 3 rings (SSSR count). The molecule has 0 spiro atoms. The van der Waals surface area contributed by atoms with Crippen molar-refractivity contribution in [1.82, 2.24) is 14.7 Å². The number of carbonyl (C=O) groups is 1. The maximum Gasteiger partial charge on any atom is 0.244 e. The Hall–Kier alpha value is -1.36. The lowest BCUT2D eigenvalue weighted by molar-refractivity contribution is -0.133. The smallest absolute Gasteiger partial charge is 0.244 e. The fourth-order valence-electron chi connectivity index (χ4n) is 2.90. The van der Waals surface area contributed by atoms with Gasteiger partial charge in [-0.3, -0.25) is 9.48 Å². The number of hydrogen-bond donors (Lipinski definition) is 0. The van der Waals surface area contributed by atoms with E-state index in [1.165, 1.54) is 0 Å². The summed E-state index contributed by atoms with van der Waals surface area (Å²) in [5.41, 5.74) is 2.02. The summed E-state index contributed by atoms with van der Waals surface area (Å²) >= 11 is 0. The SMILES string of the molecule is Cc1cc(C)n(CC(=O)N(CC2CCOC2)C2CC2)n1. The number of ether oxygens (including phenoxy) is 1. The number of carbonyl (C=O) groups excluding carboxylic acids is 1. The van der Waals surface area contributed by atoms with Crippen molar-refractivity contribution in [1.29, 1.82) is 0 Å². The van der Waals surface area contributed by atoms with E-state index in [1.54, 1.807) is 0 Å². The third-order valence-corrected chi connectivity index (χ3v) is 4.18. The van der Waals surface area contributed by atoms with Crippen molar-refractivity contribution in [2.24, 2.45) is 5.92 Å². The van der Waals surface area contributed by atoms with E-state index in [9.17, 15) is 4.79 Å². The predicted octanol–water partition coefficient (Wildman–Crippen LogP) is 1.53. The maximum atomic E-state index is 12.6. The van der Waals surface area contributed by atoms with E-state index >= 15 is 0 Å². The summed E-state index contributed by atoms with van der Waals surface area (Å²) in [6.07, 6.45) is 3.38. The Balaban J connectivity index is 1.64. The first-order valence-electron chi connectivity index (χ1n) is 7.52. The number of aryl methyl sites for hydroxylation is 2. The van der Waals surface area contributed by atoms with Crippen molar-refractivity contribution < 1.29 is 9.53 Å². The second-order valence-electron chi connectivity index (χ2n) is 6.09. The van der Waals surface area contributed by atoms with Gasteiger partial charge in [0.1, 0.15) is 6.54 Å². The lowest BCUT2D eigenvalue weighted by Gasteiger charge is -2.25. The summed E-state index contributed by atoms with van der Waals surface area (Å²) < 4.78 is 7.24.